The Balaban J connectivity index is 2.92. The Kier molecular flexibility index (Phi) is 2.64. The maximum Gasteiger partial charge on any atom is 0.208 e. The number of rotatable bonds is 2. The van der Waals surface area contributed by atoms with Crippen molar-refractivity contribution in [3.8, 4) is 0 Å². The summed E-state index contributed by atoms with van der Waals surface area (Å²) < 4.78 is 10.6. The minimum absolute atomic E-state index is 0.148. The average molecular weight is 182 g/mol. The molecule has 0 unspecified atom stereocenters. The molecule has 0 heterocycles. The van der Waals surface area contributed by atoms with Crippen LogP contribution in [0.2, 0.25) is 0 Å². The molecule has 13 heavy (non-hydrogen) atoms. The van der Waals surface area contributed by atoms with Gasteiger partial charge in [-0.1, -0.05) is 26.8 Å². The topological polar surface area (TPSA) is 18.5 Å². The fourth-order valence-electron chi connectivity index (χ4n) is 1.32. The lowest BCUT2D eigenvalue weighted by atomic mass is 9.87. The van der Waals surface area contributed by atoms with E-state index in [1.54, 1.807) is 14.2 Å². The van der Waals surface area contributed by atoms with Crippen molar-refractivity contribution in [1.29, 1.82) is 0 Å². The van der Waals surface area contributed by atoms with Crippen LogP contribution in [0.15, 0.2) is 23.8 Å². The van der Waals surface area contributed by atoms with Crippen LogP contribution < -0.4 is 0 Å². The first kappa shape index (κ1) is 10.5. The van der Waals surface area contributed by atoms with Gasteiger partial charge in [-0.2, -0.15) is 0 Å². The van der Waals surface area contributed by atoms with Gasteiger partial charge in [-0.3, -0.25) is 0 Å². The summed E-state index contributed by atoms with van der Waals surface area (Å²) in [5, 5.41) is 0. The third-order valence-electron chi connectivity index (χ3n) is 2.36. The highest BCUT2D eigenvalue weighted by Gasteiger charge is 2.31. The van der Waals surface area contributed by atoms with Crippen LogP contribution in [-0.2, 0) is 9.47 Å². The van der Waals surface area contributed by atoms with Gasteiger partial charge in [0.15, 0.2) is 0 Å². The van der Waals surface area contributed by atoms with Crippen molar-refractivity contribution in [3.63, 3.8) is 0 Å². The van der Waals surface area contributed by atoms with Gasteiger partial charge in [-0.05, 0) is 23.1 Å². The first-order chi connectivity index (χ1) is 5.93. The first-order valence-electron chi connectivity index (χ1n) is 4.46. The molecule has 0 spiro atoms. The standard InChI is InChI=1S/C11H18O2/c1-10(2,3)9-6-7-11(8-9,12-4)13-5/h6-8H,1-5H3. The fourth-order valence-corrected chi connectivity index (χ4v) is 1.32. The van der Waals surface area contributed by atoms with E-state index in [0.29, 0.717) is 0 Å². The van der Waals surface area contributed by atoms with Crippen LogP contribution in [0.1, 0.15) is 20.8 Å². The monoisotopic (exact) mass is 182 g/mol. The predicted molar refractivity (Wildman–Crippen MR) is 53.4 cm³/mol. The van der Waals surface area contributed by atoms with Gasteiger partial charge in [0.05, 0.1) is 0 Å². The highest BCUT2D eigenvalue weighted by Crippen LogP contribution is 2.35. The Morgan fingerprint density at radius 3 is 1.92 bits per heavy atom. The average Bonchev–Trinajstić information content (AvgIpc) is 2.48. The molecule has 1 rings (SSSR count). The first-order valence-corrected chi connectivity index (χ1v) is 4.46. The van der Waals surface area contributed by atoms with Gasteiger partial charge < -0.3 is 9.47 Å². The van der Waals surface area contributed by atoms with Crippen LogP contribution in [0.5, 0.6) is 0 Å². The number of allylic oxidation sites excluding steroid dienone is 2. The van der Waals surface area contributed by atoms with Gasteiger partial charge in [0, 0.05) is 14.2 Å². The van der Waals surface area contributed by atoms with E-state index in [1.165, 1.54) is 5.57 Å². The molecular formula is C11H18O2. The van der Waals surface area contributed by atoms with Gasteiger partial charge >= 0.3 is 0 Å². The quantitative estimate of drug-likeness (QED) is 0.611. The summed E-state index contributed by atoms with van der Waals surface area (Å²) in [6.07, 6.45) is 6.02. The van der Waals surface area contributed by atoms with E-state index in [0.717, 1.165) is 0 Å². The van der Waals surface area contributed by atoms with E-state index in [1.807, 2.05) is 12.2 Å². The molecule has 2 heteroatoms. The summed E-state index contributed by atoms with van der Waals surface area (Å²) in [5.74, 6) is -0.636. The molecule has 1 aliphatic rings. The predicted octanol–water partition coefficient (Wildman–Crippen LogP) is 2.52. The highest BCUT2D eigenvalue weighted by molar-refractivity contribution is 5.37. The van der Waals surface area contributed by atoms with E-state index in [2.05, 4.69) is 26.8 Å². The van der Waals surface area contributed by atoms with Crippen LogP contribution in [0.3, 0.4) is 0 Å². The molecule has 0 bridgehead atoms. The number of hydrogen-bond donors (Lipinski definition) is 0. The summed E-state index contributed by atoms with van der Waals surface area (Å²) in [6, 6.07) is 0. The third-order valence-corrected chi connectivity index (χ3v) is 2.36. The molecule has 0 saturated carbocycles. The molecule has 74 valence electrons. The second-order valence-electron chi connectivity index (χ2n) is 4.31. The zero-order valence-corrected chi connectivity index (χ0v) is 9.05. The second-order valence-corrected chi connectivity index (χ2v) is 4.31. The van der Waals surface area contributed by atoms with Gasteiger partial charge in [0.25, 0.3) is 0 Å². The van der Waals surface area contributed by atoms with Crippen molar-refractivity contribution in [2.75, 3.05) is 14.2 Å². The molecule has 0 fully saturated rings. The summed E-state index contributed by atoms with van der Waals surface area (Å²) in [7, 11) is 3.30. The maximum atomic E-state index is 5.29. The van der Waals surface area contributed by atoms with Gasteiger partial charge in [0.2, 0.25) is 5.79 Å². The van der Waals surface area contributed by atoms with Gasteiger partial charge in [-0.15, -0.1) is 0 Å². The Labute approximate surface area is 80.2 Å². The minimum atomic E-state index is -0.636. The van der Waals surface area contributed by atoms with E-state index < -0.39 is 5.79 Å². The number of methoxy groups -OCH3 is 2. The molecule has 1 aliphatic carbocycles. The molecule has 2 nitrogen and oxygen atoms in total. The zero-order valence-electron chi connectivity index (χ0n) is 9.05. The molecule has 0 N–H and O–H groups in total. The van der Waals surface area contributed by atoms with Crippen molar-refractivity contribution in [3.05, 3.63) is 23.8 Å². The third kappa shape index (κ3) is 2.01. The Morgan fingerprint density at radius 2 is 1.69 bits per heavy atom. The largest absolute Gasteiger partial charge is 0.346 e. The smallest absolute Gasteiger partial charge is 0.208 e. The summed E-state index contributed by atoms with van der Waals surface area (Å²) in [6.45, 7) is 6.51. The summed E-state index contributed by atoms with van der Waals surface area (Å²) in [5.41, 5.74) is 1.39. The molecule has 0 aliphatic heterocycles. The molecule has 0 aromatic carbocycles. The summed E-state index contributed by atoms with van der Waals surface area (Å²) >= 11 is 0. The van der Waals surface area contributed by atoms with Crippen LogP contribution in [0, 0.1) is 5.41 Å². The van der Waals surface area contributed by atoms with Crippen LogP contribution >= 0.6 is 0 Å². The minimum Gasteiger partial charge on any atom is -0.346 e. The molecule has 0 aromatic heterocycles. The Hall–Kier alpha value is -0.600. The SMILES string of the molecule is COC1(OC)C=CC(C(C)(C)C)=C1. The van der Waals surface area contributed by atoms with E-state index >= 15 is 0 Å². The lowest BCUT2D eigenvalue weighted by molar-refractivity contribution is -0.131. The number of ether oxygens (including phenoxy) is 2. The Bertz CT molecular complexity index is 239. The molecule has 0 aromatic rings. The number of hydrogen-bond acceptors (Lipinski definition) is 2. The second kappa shape index (κ2) is 3.28. The van der Waals surface area contributed by atoms with Crippen LogP contribution in [-0.4, -0.2) is 20.0 Å². The molecule has 0 amide bonds. The van der Waals surface area contributed by atoms with Gasteiger partial charge in [-0.25, -0.2) is 0 Å². The van der Waals surface area contributed by atoms with E-state index in [4.69, 9.17) is 9.47 Å². The molecule has 0 atom stereocenters. The Morgan fingerprint density at radius 1 is 1.15 bits per heavy atom. The summed E-state index contributed by atoms with van der Waals surface area (Å²) in [4.78, 5) is 0. The van der Waals surface area contributed by atoms with Crippen molar-refractivity contribution in [2.45, 2.75) is 26.6 Å². The highest BCUT2D eigenvalue weighted by atomic mass is 16.7. The van der Waals surface area contributed by atoms with E-state index in [-0.39, 0.29) is 5.41 Å². The molecular weight excluding hydrogens is 164 g/mol. The van der Waals surface area contributed by atoms with E-state index in [9.17, 15) is 0 Å². The van der Waals surface area contributed by atoms with Crippen molar-refractivity contribution >= 4 is 0 Å². The van der Waals surface area contributed by atoms with Crippen LogP contribution in [0.25, 0.3) is 0 Å². The fraction of sp³-hybridized carbons (Fsp3) is 0.636. The lowest BCUT2D eigenvalue weighted by Gasteiger charge is -2.23. The van der Waals surface area contributed by atoms with Gasteiger partial charge in [0.1, 0.15) is 0 Å². The molecule has 0 radical (unpaired) electrons. The van der Waals surface area contributed by atoms with Crippen molar-refractivity contribution in [2.24, 2.45) is 5.41 Å². The zero-order chi connectivity index (χ0) is 10.1. The maximum absolute atomic E-state index is 5.29. The van der Waals surface area contributed by atoms with Crippen molar-refractivity contribution in [1.82, 2.24) is 0 Å². The lowest BCUT2D eigenvalue weighted by Crippen LogP contribution is -2.27. The van der Waals surface area contributed by atoms with Crippen LogP contribution in [0.4, 0.5) is 0 Å². The van der Waals surface area contributed by atoms with Crippen molar-refractivity contribution < 1.29 is 9.47 Å². The molecule has 0 saturated heterocycles. The normalized spacial score (nSPS) is 20.5.